The summed E-state index contributed by atoms with van der Waals surface area (Å²) in [6.45, 7) is 4.78. The van der Waals surface area contributed by atoms with Crippen LogP contribution in [0.4, 0.5) is 11.4 Å². The second-order valence-corrected chi connectivity index (χ2v) is 5.67. The molecule has 0 saturated heterocycles. The van der Waals surface area contributed by atoms with Crippen LogP contribution in [-0.2, 0) is 6.42 Å². The van der Waals surface area contributed by atoms with E-state index < -0.39 is 0 Å². The lowest BCUT2D eigenvalue weighted by molar-refractivity contribution is 0.102. The van der Waals surface area contributed by atoms with Gasteiger partial charge in [0.25, 0.3) is 5.91 Å². The van der Waals surface area contributed by atoms with Crippen LogP contribution in [0.3, 0.4) is 0 Å². The van der Waals surface area contributed by atoms with E-state index >= 15 is 0 Å². The van der Waals surface area contributed by atoms with Gasteiger partial charge < -0.3 is 14.6 Å². The van der Waals surface area contributed by atoms with Crippen LogP contribution >= 0.6 is 0 Å². The summed E-state index contributed by atoms with van der Waals surface area (Å²) in [5, 5.41) is 2.97. The number of amides is 1. The highest BCUT2D eigenvalue weighted by atomic mass is 16.3. The van der Waals surface area contributed by atoms with Crippen molar-refractivity contribution in [3.8, 4) is 0 Å². The fraction of sp³-hybridized carbons (Fsp3) is 0.353. The zero-order valence-corrected chi connectivity index (χ0v) is 12.7. The molecule has 0 fully saturated rings. The van der Waals surface area contributed by atoms with E-state index in [0.29, 0.717) is 11.3 Å². The minimum atomic E-state index is -0.108. The predicted octanol–water partition coefficient (Wildman–Crippen LogP) is 3.53. The number of carbonyl (C=O) groups excluding carboxylic acids is 1. The van der Waals surface area contributed by atoms with Crippen LogP contribution in [0.15, 0.2) is 28.9 Å². The van der Waals surface area contributed by atoms with E-state index in [1.807, 2.05) is 19.9 Å². The van der Waals surface area contributed by atoms with Gasteiger partial charge in [0, 0.05) is 30.5 Å². The molecule has 4 nitrogen and oxygen atoms in total. The lowest BCUT2D eigenvalue weighted by Crippen LogP contribution is -2.24. The van der Waals surface area contributed by atoms with Gasteiger partial charge in [-0.05, 0) is 50.5 Å². The molecule has 2 heterocycles. The van der Waals surface area contributed by atoms with E-state index in [9.17, 15) is 4.79 Å². The Bertz CT molecular complexity index is 669. The Kier molecular flexibility index (Phi) is 3.45. The highest BCUT2D eigenvalue weighted by Gasteiger charge is 2.18. The van der Waals surface area contributed by atoms with Crippen LogP contribution in [0.2, 0.25) is 0 Å². The van der Waals surface area contributed by atoms with E-state index in [1.54, 1.807) is 6.26 Å². The molecule has 1 aliphatic heterocycles. The molecule has 1 aliphatic rings. The van der Waals surface area contributed by atoms with Crippen molar-refractivity contribution in [2.45, 2.75) is 26.7 Å². The second kappa shape index (κ2) is 5.28. The van der Waals surface area contributed by atoms with Crippen molar-refractivity contribution >= 4 is 17.3 Å². The molecule has 0 saturated carbocycles. The molecule has 2 aromatic rings. The van der Waals surface area contributed by atoms with Gasteiger partial charge >= 0.3 is 0 Å². The number of hydrogen-bond donors (Lipinski definition) is 1. The summed E-state index contributed by atoms with van der Waals surface area (Å²) in [4.78, 5) is 14.6. The van der Waals surface area contributed by atoms with Gasteiger partial charge in [0.1, 0.15) is 5.76 Å². The monoisotopic (exact) mass is 284 g/mol. The fourth-order valence-corrected chi connectivity index (χ4v) is 2.97. The molecule has 0 atom stereocenters. The van der Waals surface area contributed by atoms with Crippen LogP contribution < -0.4 is 10.2 Å². The summed E-state index contributed by atoms with van der Waals surface area (Å²) >= 11 is 0. The first-order chi connectivity index (χ1) is 10.1. The van der Waals surface area contributed by atoms with Gasteiger partial charge in [0.2, 0.25) is 0 Å². The van der Waals surface area contributed by atoms with Crippen LogP contribution in [0.5, 0.6) is 0 Å². The van der Waals surface area contributed by atoms with Gasteiger partial charge in [0.05, 0.1) is 11.8 Å². The fourth-order valence-electron chi connectivity index (χ4n) is 2.97. The molecular formula is C17H20N2O2. The van der Waals surface area contributed by atoms with Gasteiger partial charge in [-0.1, -0.05) is 0 Å². The molecule has 0 aliphatic carbocycles. The first-order valence-electron chi connectivity index (χ1n) is 7.26. The molecule has 0 radical (unpaired) electrons. The number of rotatable bonds is 2. The van der Waals surface area contributed by atoms with Crippen LogP contribution in [0.1, 0.15) is 33.7 Å². The SMILES string of the molecule is Cc1coc(C)c1C(=O)Nc1ccc2c(c1)CCCN2C. The lowest BCUT2D eigenvalue weighted by Gasteiger charge is -2.27. The highest BCUT2D eigenvalue weighted by Crippen LogP contribution is 2.29. The van der Waals surface area contributed by atoms with E-state index in [1.165, 1.54) is 11.3 Å². The molecule has 1 aromatic heterocycles. The Labute approximate surface area is 124 Å². The third-order valence-corrected chi connectivity index (χ3v) is 4.07. The number of hydrogen-bond acceptors (Lipinski definition) is 3. The summed E-state index contributed by atoms with van der Waals surface area (Å²) in [7, 11) is 2.11. The van der Waals surface area contributed by atoms with Gasteiger partial charge in [-0.3, -0.25) is 4.79 Å². The van der Waals surface area contributed by atoms with Crippen molar-refractivity contribution in [3.05, 3.63) is 46.9 Å². The number of fused-ring (bicyclic) bond motifs is 1. The third-order valence-electron chi connectivity index (χ3n) is 4.07. The van der Waals surface area contributed by atoms with Crippen LogP contribution in [0.25, 0.3) is 0 Å². The maximum atomic E-state index is 12.4. The maximum absolute atomic E-state index is 12.4. The number of anilines is 2. The molecule has 1 N–H and O–H groups in total. The molecule has 0 spiro atoms. The number of aryl methyl sites for hydroxylation is 3. The number of nitrogens with zero attached hydrogens (tertiary/aromatic N) is 1. The highest BCUT2D eigenvalue weighted by molar-refractivity contribution is 6.06. The minimum Gasteiger partial charge on any atom is -0.469 e. The smallest absolute Gasteiger partial charge is 0.259 e. The standard InChI is InChI=1S/C17H20N2O2/c1-11-10-21-12(2)16(11)17(20)18-14-6-7-15-13(9-14)5-4-8-19(15)3/h6-7,9-10H,4-5,8H2,1-3H3,(H,18,20). The maximum Gasteiger partial charge on any atom is 0.259 e. The number of carbonyl (C=O) groups is 1. The Balaban J connectivity index is 1.84. The molecule has 1 amide bonds. The van der Waals surface area contributed by atoms with Gasteiger partial charge in [0.15, 0.2) is 0 Å². The first kappa shape index (κ1) is 13.7. The predicted molar refractivity (Wildman–Crippen MR) is 84.2 cm³/mol. The largest absolute Gasteiger partial charge is 0.469 e. The summed E-state index contributed by atoms with van der Waals surface area (Å²) in [5.74, 6) is 0.547. The lowest BCUT2D eigenvalue weighted by atomic mass is 10.0. The molecule has 4 heteroatoms. The van der Waals surface area contributed by atoms with Crippen molar-refractivity contribution in [2.75, 3.05) is 23.8 Å². The van der Waals surface area contributed by atoms with Crippen LogP contribution in [0, 0.1) is 13.8 Å². The van der Waals surface area contributed by atoms with Crippen molar-refractivity contribution in [1.29, 1.82) is 0 Å². The van der Waals surface area contributed by atoms with Crippen LogP contribution in [-0.4, -0.2) is 19.5 Å². The summed E-state index contributed by atoms with van der Waals surface area (Å²) in [6, 6.07) is 6.12. The zero-order valence-electron chi connectivity index (χ0n) is 12.7. The van der Waals surface area contributed by atoms with Crippen molar-refractivity contribution < 1.29 is 9.21 Å². The zero-order chi connectivity index (χ0) is 15.0. The third kappa shape index (κ3) is 2.53. The molecule has 3 rings (SSSR count). The normalized spacial score (nSPS) is 14.0. The van der Waals surface area contributed by atoms with Crippen molar-refractivity contribution in [1.82, 2.24) is 0 Å². The average molecular weight is 284 g/mol. The number of benzene rings is 1. The Morgan fingerprint density at radius 1 is 1.33 bits per heavy atom. The average Bonchev–Trinajstić information content (AvgIpc) is 2.78. The molecule has 21 heavy (non-hydrogen) atoms. The van der Waals surface area contributed by atoms with Gasteiger partial charge in [-0.25, -0.2) is 0 Å². The molecule has 110 valence electrons. The first-order valence-corrected chi connectivity index (χ1v) is 7.26. The topological polar surface area (TPSA) is 45.5 Å². The minimum absolute atomic E-state index is 0.108. The molecule has 1 aromatic carbocycles. The van der Waals surface area contributed by atoms with E-state index in [4.69, 9.17) is 4.42 Å². The summed E-state index contributed by atoms with van der Waals surface area (Å²) in [6.07, 6.45) is 3.83. The second-order valence-electron chi connectivity index (χ2n) is 5.67. The molecule has 0 unspecified atom stereocenters. The number of furan rings is 1. The van der Waals surface area contributed by atoms with E-state index in [0.717, 1.165) is 30.6 Å². The number of nitrogens with one attached hydrogen (secondary N) is 1. The Morgan fingerprint density at radius 2 is 2.14 bits per heavy atom. The van der Waals surface area contributed by atoms with Gasteiger partial charge in [-0.2, -0.15) is 0 Å². The van der Waals surface area contributed by atoms with E-state index in [2.05, 4.69) is 29.4 Å². The Hall–Kier alpha value is -2.23. The van der Waals surface area contributed by atoms with E-state index in [-0.39, 0.29) is 5.91 Å². The van der Waals surface area contributed by atoms with Crippen molar-refractivity contribution in [3.63, 3.8) is 0 Å². The quantitative estimate of drug-likeness (QED) is 0.917. The molecule has 0 bridgehead atoms. The van der Waals surface area contributed by atoms with Crippen molar-refractivity contribution in [2.24, 2.45) is 0 Å². The summed E-state index contributed by atoms with van der Waals surface area (Å²) in [5.41, 5.74) is 4.89. The Morgan fingerprint density at radius 3 is 2.86 bits per heavy atom. The molecular weight excluding hydrogens is 264 g/mol. The summed E-state index contributed by atoms with van der Waals surface area (Å²) < 4.78 is 5.29. The van der Waals surface area contributed by atoms with Gasteiger partial charge in [-0.15, -0.1) is 0 Å².